The van der Waals surface area contributed by atoms with E-state index < -0.39 is 0 Å². The molecule has 2 aromatic rings. The number of halogens is 1. The van der Waals surface area contributed by atoms with Crippen LogP contribution in [0, 0.1) is 19.7 Å². The number of guanidine groups is 1. The maximum absolute atomic E-state index is 13.4. The molecule has 1 aliphatic heterocycles. The van der Waals surface area contributed by atoms with Crippen LogP contribution in [-0.2, 0) is 11.3 Å². The van der Waals surface area contributed by atoms with E-state index in [2.05, 4.69) is 27.4 Å². The van der Waals surface area contributed by atoms with Gasteiger partial charge in [0.15, 0.2) is 5.96 Å². The second-order valence-corrected chi connectivity index (χ2v) is 8.32. The molecular weight excluding hydrogens is 389 g/mol. The van der Waals surface area contributed by atoms with E-state index in [1.807, 2.05) is 26.0 Å². The third kappa shape index (κ3) is 6.22. The average molecular weight is 420 g/mol. The van der Waals surface area contributed by atoms with E-state index >= 15 is 0 Å². The van der Waals surface area contributed by atoms with Crippen molar-refractivity contribution >= 4 is 17.3 Å². The van der Waals surface area contributed by atoms with Gasteiger partial charge in [0.2, 0.25) is 0 Å². The van der Waals surface area contributed by atoms with Gasteiger partial charge >= 0.3 is 0 Å². The molecule has 2 heterocycles. The van der Waals surface area contributed by atoms with Crippen molar-refractivity contribution in [3.63, 3.8) is 0 Å². The predicted molar refractivity (Wildman–Crippen MR) is 116 cm³/mol. The number of nitrogens with one attached hydrogen (secondary N) is 2. The van der Waals surface area contributed by atoms with Gasteiger partial charge in [0, 0.05) is 31.1 Å². The van der Waals surface area contributed by atoms with Gasteiger partial charge in [-0.2, -0.15) is 0 Å². The first-order chi connectivity index (χ1) is 14.1. The van der Waals surface area contributed by atoms with Crippen LogP contribution in [0.5, 0.6) is 0 Å². The highest BCUT2D eigenvalue weighted by atomic mass is 32.1. The largest absolute Gasteiger partial charge is 0.379 e. The van der Waals surface area contributed by atoms with E-state index in [0.717, 1.165) is 55.1 Å². The molecule has 0 aliphatic carbocycles. The number of thiazole rings is 1. The summed E-state index contributed by atoms with van der Waals surface area (Å²) in [4.78, 5) is 12.8. The summed E-state index contributed by atoms with van der Waals surface area (Å²) < 4.78 is 18.9. The van der Waals surface area contributed by atoms with E-state index in [9.17, 15) is 4.39 Å². The first-order valence-electron chi connectivity index (χ1n) is 10.1. The molecule has 1 fully saturated rings. The number of aliphatic imine (C=N–C) groups is 1. The minimum absolute atomic E-state index is 0.121. The summed E-state index contributed by atoms with van der Waals surface area (Å²) in [5, 5.41) is 7.86. The number of benzene rings is 1. The lowest BCUT2D eigenvalue weighted by molar-refractivity contribution is 0.0170. The highest BCUT2D eigenvalue weighted by molar-refractivity contribution is 7.11. The minimum Gasteiger partial charge on any atom is -0.379 e. The molecule has 3 rings (SSSR count). The second-order valence-electron chi connectivity index (χ2n) is 7.03. The number of aryl methyl sites for hydroxylation is 2. The number of hydrogen-bond acceptors (Lipinski definition) is 5. The second kappa shape index (κ2) is 10.7. The Bertz CT molecular complexity index is 802. The molecule has 0 bridgehead atoms. The Balaban J connectivity index is 1.71. The maximum Gasteiger partial charge on any atom is 0.191 e. The van der Waals surface area contributed by atoms with Crippen LogP contribution < -0.4 is 10.6 Å². The molecule has 0 radical (unpaired) electrons. The highest BCUT2D eigenvalue weighted by Gasteiger charge is 2.23. The molecule has 1 atom stereocenters. The van der Waals surface area contributed by atoms with Crippen molar-refractivity contribution in [1.82, 2.24) is 20.5 Å². The van der Waals surface area contributed by atoms with Gasteiger partial charge in [0.05, 0.1) is 36.5 Å². The lowest BCUT2D eigenvalue weighted by atomic mass is 10.0. The Morgan fingerprint density at radius 1 is 1.24 bits per heavy atom. The lowest BCUT2D eigenvalue weighted by Crippen LogP contribution is -2.46. The van der Waals surface area contributed by atoms with E-state index in [-0.39, 0.29) is 11.9 Å². The number of ether oxygens (including phenoxy) is 1. The van der Waals surface area contributed by atoms with Crippen molar-refractivity contribution in [2.75, 3.05) is 39.4 Å². The number of rotatable bonds is 7. The first-order valence-corrected chi connectivity index (χ1v) is 10.9. The quantitative estimate of drug-likeness (QED) is 0.534. The molecule has 0 saturated carbocycles. The summed E-state index contributed by atoms with van der Waals surface area (Å²) >= 11 is 1.69. The number of hydrogen-bond donors (Lipinski definition) is 2. The fraction of sp³-hybridized carbons (Fsp3) is 0.524. The smallest absolute Gasteiger partial charge is 0.191 e. The molecule has 1 aromatic carbocycles. The fourth-order valence-corrected chi connectivity index (χ4v) is 4.30. The maximum atomic E-state index is 13.4. The number of nitrogens with zero attached hydrogens (tertiary/aromatic N) is 3. The van der Waals surface area contributed by atoms with Crippen LogP contribution in [0.15, 0.2) is 29.3 Å². The molecule has 1 aliphatic rings. The summed E-state index contributed by atoms with van der Waals surface area (Å²) in [5.41, 5.74) is 2.13. The van der Waals surface area contributed by atoms with Crippen molar-refractivity contribution in [2.24, 2.45) is 4.99 Å². The molecule has 2 N–H and O–H groups in total. The van der Waals surface area contributed by atoms with Gasteiger partial charge in [0.1, 0.15) is 5.82 Å². The van der Waals surface area contributed by atoms with Gasteiger partial charge in [-0.1, -0.05) is 12.1 Å². The molecule has 1 saturated heterocycles. The normalized spacial score (nSPS) is 16.6. The van der Waals surface area contributed by atoms with Crippen LogP contribution in [0.25, 0.3) is 0 Å². The molecule has 8 heteroatoms. The molecule has 158 valence electrons. The van der Waals surface area contributed by atoms with Crippen molar-refractivity contribution in [2.45, 2.75) is 33.4 Å². The zero-order chi connectivity index (χ0) is 20.6. The third-order valence-corrected chi connectivity index (χ3v) is 5.99. The number of aromatic nitrogens is 1. The molecule has 1 aromatic heterocycles. The predicted octanol–water partition coefficient (Wildman–Crippen LogP) is 3.03. The van der Waals surface area contributed by atoms with Crippen LogP contribution in [0.2, 0.25) is 0 Å². The van der Waals surface area contributed by atoms with Crippen LogP contribution in [0.4, 0.5) is 4.39 Å². The van der Waals surface area contributed by atoms with Gasteiger partial charge in [-0.25, -0.2) is 14.4 Å². The standard InChI is InChI=1S/C21H30FN5OS/c1-4-23-21(25-14-20-15(2)26-16(3)29-20)24-13-19(27-9-11-28-12-10-27)17-5-7-18(22)8-6-17/h5-8,19H,4,9-14H2,1-3H3,(H2,23,24,25). The zero-order valence-electron chi connectivity index (χ0n) is 17.4. The van der Waals surface area contributed by atoms with Gasteiger partial charge in [0.25, 0.3) is 0 Å². The Hall–Kier alpha value is -2.03. The number of morpholine rings is 1. The van der Waals surface area contributed by atoms with Crippen molar-refractivity contribution in [3.05, 3.63) is 51.2 Å². The molecular formula is C21H30FN5OS. The van der Waals surface area contributed by atoms with Crippen LogP contribution in [-0.4, -0.2) is 55.2 Å². The molecule has 29 heavy (non-hydrogen) atoms. The Labute approximate surface area is 176 Å². The topological polar surface area (TPSA) is 61.8 Å². The molecule has 6 nitrogen and oxygen atoms in total. The average Bonchev–Trinajstić information content (AvgIpc) is 3.05. The fourth-order valence-electron chi connectivity index (χ4n) is 3.44. The Morgan fingerprint density at radius 2 is 1.97 bits per heavy atom. The van der Waals surface area contributed by atoms with Crippen molar-refractivity contribution in [1.29, 1.82) is 0 Å². The third-order valence-electron chi connectivity index (χ3n) is 4.93. The van der Waals surface area contributed by atoms with E-state index in [4.69, 9.17) is 9.73 Å². The van der Waals surface area contributed by atoms with Crippen LogP contribution >= 0.6 is 11.3 Å². The summed E-state index contributed by atoms with van der Waals surface area (Å²) in [6.45, 7) is 11.3. The van der Waals surface area contributed by atoms with Gasteiger partial charge in [-0.15, -0.1) is 11.3 Å². The van der Waals surface area contributed by atoms with Crippen molar-refractivity contribution in [3.8, 4) is 0 Å². The van der Waals surface area contributed by atoms with Gasteiger partial charge in [-0.3, -0.25) is 4.90 Å². The molecule has 1 unspecified atom stereocenters. The summed E-state index contributed by atoms with van der Waals surface area (Å²) in [6, 6.07) is 6.90. The molecule has 0 amide bonds. The van der Waals surface area contributed by atoms with Gasteiger partial charge in [-0.05, 0) is 38.5 Å². The Morgan fingerprint density at radius 3 is 2.59 bits per heavy atom. The minimum atomic E-state index is -0.215. The van der Waals surface area contributed by atoms with Crippen molar-refractivity contribution < 1.29 is 9.13 Å². The summed E-state index contributed by atoms with van der Waals surface area (Å²) in [7, 11) is 0. The van der Waals surface area contributed by atoms with Gasteiger partial charge < -0.3 is 15.4 Å². The zero-order valence-corrected chi connectivity index (χ0v) is 18.2. The van der Waals surface area contributed by atoms with E-state index in [0.29, 0.717) is 13.1 Å². The molecule has 0 spiro atoms. The monoisotopic (exact) mass is 419 g/mol. The highest BCUT2D eigenvalue weighted by Crippen LogP contribution is 2.22. The first kappa shape index (κ1) is 21.7. The van der Waals surface area contributed by atoms with Crippen LogP contribution in [0.1, 0.15) is 34.1 Å². The van der Waals surface area contributed by atoms with E-state index in [1.165, 1.54) is 17.0 Å². The van der Waals surface area contributed by atoms with E-state index in [1.54, 1.807) is 11.3 Å². The summed E-state index contributed by atoms with van der Waals surface area (Å²) in [6.07, 6.45) is 0. The SMILES string of the molecule is CCNC(=NCc1sc(C)nc1C)NCC(c1ccc(F)cc1)N1CCOCC1. The lowest BCUT2D eigenvalue weighted by Gasteiger charge is -2.35. The van der Waals surface area contributed by atoms with Crippen LogP contribution in [0.3, 0.4) is 0 Å². The summed E-state index contributed by atoms with van der Waals surface area (Å²) in [5.74, 6) is 0.561. The Kier molecular flexibility index (Phi) is 7.97.